The third kappa shape index (κ3) is 3.55. The fourth-order valence-electron chi connectivity index (χ4n) is 3.69. The Hall–Kier alpha value is -3.25. The second kappa shape index (κ2) is 7.88. The molecule has 0 atom stereocenters. The lowest BCUT2D eigenvalue weighted by Gasteiger charge is -2.09. The van der Waals surface area contributed by atoms with Crippen LogP contribution in [0.15, 0.2) is 60.2 Å². The van der Waals surface area contributed by atoms with E-state index >= 15 is 0 Å². The van der Waals surface area contributed by atoms with Crippen LogP contribution >= 0.6 is 11.3 Å². The van der Waals surface area contributed by atoms with Gasteiger partial charge in [-0.2, -0.15) is 0 Å². The van der Waals surface area contributed by atoms with Crippen LogP contribution in [0.4, 0.5) is 5.82 Å². The molecule has 5 aromatic rings. The average molecular weight is 414 g/mol. The maximum Gasteiger partial charge on any atom is 0.138 e. The molecule has 6 heteroatoms. The van der Waals surface area contributed by atoms with Crippen molar-refractivity contribution in [1.82, 2.24) is 19.9 Å². The van der Waals surface area contributed by atoms with Crippen molar-refractivity contribution in [3.63, 3.8) is 0 Å². The summed E-state index contributed by atoms with van der Waals surface area (Å²) in [7, 11) is 0. The molecule has 0 unspecified atom stereocenters. The molecule has 0 aliphatic rings. The number of fused-ring (bicyclic) bond motifs is 2. The van der Waals surface area contributed by atoms with Gasteiger partial charge in [0.1, 0.15) is 22.8 Å². The number of hydrogen-bond donors (Lipinski definition) is 2. The predicted molar refractivity (Wildman–Crippen MR) is 125 cm³/mol. The van der Waals surface area contributed by atoms with Crippen molar-refractivity contribution in [3.05, 3.63) is 71.6 Å². The third-order valence-corrected chi connectivity index (χ3v) is 6.24. The van der Waals surface area contributed by atoms with Crippen LogP contribution in [0, 0.1) is 0 Å². The molecule has 2 N–H and O–H groups in total. The molecule has 0 spiro atoms. The van der Waals surface area contributed by atoms with Crippen LogP contribution in [0.25, 0.3) is 32.4 Å². The molecular weight excluding hydrogens is 390 g/mol. The molecule has 3 aromatic heterocycles. The molecule has 0 radical (unpaired) electrons. The summed E-state index contributed by atoms with van der Waals surface area (Å²) in [5, 5.41) is 6.76. The first-order valence-corrected chi connectivity index (χ1v) is 11.1. The zero-order valence-corrected chi connectivity index (χ0v) is 17.8. The van der Waals surface area contributed by atoms with E-state index in [4.69, 9.17) is 0 Å². The van der Waals surface area contributed by atoms with E-state index in [0.717, 1.165) is 45.9 Å². The lowest BCUT2D eigenvalue weighted by molar-refractivity contribution is 0.867. The van der Waals surface area contributed by atoms with E-state index in [-0.39, 0.29) is 0 Å². The van der Waals surface area contributed by atoms with E-state index in [1.807, 2.05) is 18.2 Å². The molecule has 0 fully saturated rings. The van der Waals surface area contributed by atoms with E-state index < -0.39 is 0 Å². The minimum atomic E-state index is 0.525. The molecule has 0 aliphatic carbocycles. The fraction of sp³-hybridized carbons (Fsp3) is 0.208. The Labute approximate surface area is 179 Å². The summed E-state index contributed by atoms with van der Waals surface area (Å²) in [6, 6.07) is 16.9. The van der Waals surface area contributed by atoms with Crippen molar-refractivity contribution < 1.29 is 0 Å². The third-order valence-electron chi connectivity index (χ3n) is 5.35. The molecular formula is C24H23N5S. The summed E-state index contributed by atoms with van der Waals surface area (Å²) in [5.41, 5.74) is 5.79. The summed E-state index contributed by atoms with van der Waals surface area (Å²) >= 11 is 1.66. The maximum atomic E-state index is 4.66. The molecule has 0 bridgehead atoms. The molecule has 0 amide bonds. The summed E-state index contributed by atoms with van der Waals surface area (Å²) in [5.74, 6) is 2.38. The molecule has 0 aliphatic heterocycles. The van der Waals surface area contributed by atoms with E-state index in [1.165, 1.54) is 16.7 Å². The highest BCUT2D eigenvalue weighted by atomic mass is 32.1. The number of hydrogen-bond acceptors (Lipinski definition) is 5. The highest BCUT2D eigenvalue weighted by Crippen LogP contribution is 2.36. The Morgan fingerprint density at radius 2 is 1.87 bits per heavy atom. The van der Waals surface area contributed by atoms with Crippen molar-refractivity contribution >= 4 is 38.4 Å². The first kappa shape index (κ1) is 18.8. The molecule has 150 valence electrons. The zero-order chi connectivity index (χ0) is 20.5. The van der Waals surface area contributed by atoms with Crippen molar-refractivity contribution in [2.45, 2.75) is 26.2 Å². The van der Waals surface area contributed by atoms with Crippen molar-refractivity contribution in [1.29, 1.82) is 0 Å². The molecule has 30 heavy (non-hydrogen) atoms. The summed E-state index contributed by atoms with van der Waals surface area (Å²) in [4.78, 5) is 18.1. The number of benzene rings is 2. The van der Waals surface area contributed by atoms with Gasteiger partial charge in [-0.05, 0) is 29.2 Å². The van der Waals surface area contributed by atoms with Crippen LogP contribution in [-0.4, -0.2) is 26.5 Å². The molecule has 3 heterocycles. The van der Waals surface area contributed by atoms with E-state index in [9.17, 15) is 0 Å². The molecule has 5 rings (SSSR count). The number of nitrogens with one attached hydrogen (secondary N) is 2. The van der Waals surface area contributed by atoms with Crippen LogP contribution < -0.4 is 5.32 Å². The van der Waals surface area contributed by atoms with Gasteiger partial charge in [-0.25, -0.2) is 15.0 Å². The lowest BCUT2D eigenvalue weighted by atomic mass is 9.99. The Balaban J connectivity index is 1.39. The molecule has 2 aromatic carbocycles. The number of anilines is 1. The molecule has 5 nitrogen and oxygen atoms in total. The van der Waals surface area contributed by atoms with Gasteiger partial charge in [0, 0.05) is 23.9 Å². The van der Waals surface area contributed by atoms with Crippen molar-refractivity contribution in [2.75, 3.05) is 11.9 Å². The normalized spacial score (nSPS) is 11.6. The van der Waals surface area contributed by atoms with Crippen LogP contribution in [0.5, 0.6) is 0 Å². The van der Waals surface area contributed by atoms with E-state index in [2.05, 4.69) is 74.8 Å². The number of rotatable bonds is 6. The first-order chi connectivity index (χ1) is 14.7. The van der Waals surface area contributed by atoms with Crippen LogP contribution in [0.1, 0.15) is 31.2 Å². The van der Waals surface area contributed by atoms with E-state index in [1.54, 1.807) is 17.7 Å². The van der Waals surface area contributed by atoms with Crippen molar-refractivity contribution in [3.8, 4) is 11.1 Å². The Morgan fingerprint density at radius 1 is 1.03 bits per heavy atom. The Kier molecular flexibility index (Phi) is 4.93. The number of para-hydroxylation sites is 2. The van der Waals surface area contributed by atoms with Gasteiger partial charge in [-0.15, -0.1) is 11.3 Å². The van der Waals surface area contributed by atoms with Gasteiger partial charge in [-0.3, -0.25) is 0 Å². The minimum absolute atomic E-state index is 0.525. The van der Waals surface area contributed by atoms with Gasteiger partial charge in [0.15, 0.2) is 0 Å². The van der Waals surface area contributed by atoms with Crippen LogP contribution in [-0.2, 0) is 6.42 Å². The number of H-pyrrole nitrogens is 1. The first-order valence-electron chi connectivity index (χ1n) is 10.2. The second-order valence-electron chi connectivity index (χ2n) is 7.71. The van der Waals surface area contributed by atoms with Crippen LogP contribution in [0.3, 0.4) is 0 Å². The summed E-state index contributed by atoms with van der Waals surface area (Å²) in [6.07, 6.45) is 2.43. The average Bonchev–Trinajstić information content (AvgIpc) is 3.38. The lowest BCUT2D eigenvalue weighted by Crippen LogP contribution is -2.07. The highest BCUT2D eigenvalue weighted by Gasteiger charge is 2.13. The monoisotopic (exact) mass is 413 g/mol. The van der Waals surface area contributed by atoms with E-state index in [0.29, 0.717) is 5.92 Å². The predicted octanol–water partition coefficient (Wildman–Crippen LogP) is 6.01. The van der Waals surface area contributed by atoms with Gasteiger partial charge in [0.2, 0.25) is 0 Å². The highest BCUT2D eigenvalue weighted by molar-refractivity contribution is 7.17. The number of imidazole rings is 1. The SMILES string of the molecule is CC(C)c1ccc(-c2csc3ncnc(NCCc4nc5ccccc5[nH]4)c23)cc1. The number of thiophene rings is 1. The van der Waals surface area contributed by atoms with Crippen molar-refractivity contribution in [2.24, 2.45) is 0 Å². The Morgan fingerprint density at radius 3 is 2.67 bits per heavy atom. The van der Waals surface area contributed by atoms with Gasteiger partial charge < -0.3 is 10.3 Å². The summed E-state index contributed by atoms with van der Waals surface area (Å²) in [6.45, 7) is 5.17. The van der Waals surface area contributed by atoms with Gasteiger partial charge in [0.25, 0.3) is 0 Å². The Bertz CT molecular complexity index is 1270. The van der Waals surface area contributed by atoms with Crippen LogP contribution in [0.2, 0.25) is 0 Å². The quantitative estimate of drug-likeness (QED) is 0.358. The smallest absolute Gasteiger partial charge is 0.138 e. The molecule has 0 saturated carbocycles. The zero-order valence-electron chi connectivity index (χ0n) is 17.0. The molecule has 0 saturated heterocycles. The number of nitrogens with zero attached hydrogens (tertiary/aromatic N) is 3. The van der Waals surface area contributed by atoms with Gasteiger partial charge in [0.05, 0.1) is 16.4 Å². The minimum Gasteiger partial charge on any atom is -0.369 e. The largest absolute Gasteiger partial charge is 0.369 e. The number of aromatic amines is 1. The maximum absolute atomic E-state index is 4.66. The second-order valence-corrected chi connectivity index (χ2v) is 8.56. The standard InChI is InChI=1S/C24H23N5S/c1-15(2)16-7-9-17(10-8-16)18-13-30-24-22(18)23(26-14-27-24)25-12-11-21-28-19-5-3-4-6-20(19)29-21/h3-10,13-15H,11-12H2,1-2H3,(H,28,29)(H,25,26,27). The summed E-state index contributed by atoms with van der Waals surface area (Å²) < 4.78 is 0. The fourth-order valence-corrected chi connectivity index (χ4v) is 4.61. The van der Waals surface area contributed by atoms with Gasteiger partial charge in [-0.1, -0.05) is 50.2 Å². The number of aromatic nitrogens is 4. The van der Waals surface area contributed by atoms with Gasteiger partial charge >= 0.3 is 0 Å². The topological polar surface area (TPSA) is 66.5 Å².